The molecule has 0 aliphatic heterocycles. The van der Waals surface area contributed by atoms with E-state index in [4.69, 9.17) is 11.6 Å². The molecule has 0 spiro atoms. The Labute approximate surface area is 102 Å². The van der Waals surface area contributed by atoms with Gasteiger partial charge in [-0.25, -0.2) is 0 Å². The summed E-state index contributed by atoms with van der Waals surface area (Å²) in [7, 11) is 0. The molecule has 0 aliphatic carbocycles. The Morgan fingerprint density at radius 2 is 2.07 bits per heavy atom. The molecule has 0 bridgehead atoms. The van der Waals surface area contributed by atoms with Gasteiger partial charge in [-0.05, 0) is 30.5 Å². The Morgan fingerprint density at radius 3 is 2.47 bits per heavy atom. The molecule has 1 unspecified atom stereocenters. The van der Waals surface area contributed by atoms with Crippen LogP contribution in [0.5, 0.6) is 0 Å². The first-order chi connectivity index (χ1) is 6.93. The van der Waals surface area contributed by atoms with Crippen molar-refractivity contribution in [2.75, 3.05) is 6.54 Å². The zero-order valence-corrected chi connectivity index (χ0v) is 11.5. The van der Waals surface area contributed by atoms with Crippen LogP contribution in [0, 0.1) is 5.41 Å². The molecule has 0 saturated carbocycles. The Morgan fingerprint density at radius 1 is 1.40 bits per heavy atom. The van der Waals surface area contributed by atoms with Crippen molar-refractivity contribution in [2.24, 2.45) is 5.41 Å². The number of hydrogen-bond acceptors (Lipinski definition) is 2. The van der Waals surface area contributed by atoms with E-state index in [0.717, 1.165) is 17.3 Å². The topological polar surface area (TPSA) is 12.0 Å². The molecule has 0 amide bonds. The molecule has 1 aromatic rings. The lowest BCUT2D eigenvalue weighted by molar-refractivity contribution is 0.271. The van der Waals surface area contributed by atoms with Gasteiger partial charge in [-0.2, -0.15) is 0 Å². The molecule has 86 valence electrons. The predicted octanol–water partition coefficient (Wildman–Crippen LogP) is 3.97. The maximum atomic E-state index is 5.93. The summed E-state index contributed by atoms with van der Waals surface area (Å²) < 4.78 is 0.883. The molecule has 3 heteroatoms. The van der Waals surface area contributed by atoms with Gasteiger partial charge >= 0.3 is 0 Å². The average Bonchev–Trinajstić information content (AvgIpc) is 2.49. The fraction of sp³-hybridized carbons (Fsp3) is 0.667. The highest BCUT2D eigenvalue weighted by molar-refractivity contribution is 7.16. The minimum Gasteiger partial charge on any atom is -0.313 e. The summed E-state index contributed by atoms with van der Waals surface area (Å²) in [6.45, 7) is 9.99. The molecule has 0 fully saturated rings. The van der Waals surface area contributed by atoms with E-state index >= 15 is 0 Å². The summed E-state index contributed by atoms with van der Waals surface area (Å²) in [6, 6.07) is 4.62. The van der Waals surface area contributed by atoms with Gasteiger partial charge < -0.3 is 5.32 Å². The molecule has 1 nitrogen and oxygen atoms in total. The van der Waals surface area contributed by atoms with Gasteiger partial charge in [0.15, 0.2) is 0 Å². The van der Waals surface area contributed by atoms with Crippen molar-refractivity contribution in [3.63, 3.8) is 0 Å². The Balaban J connectivity index is 2.66. The third-order valence-corrected chi connectivity index (χ3v) is 3.78. The summed E-state index contributed by atoms with van der Waals surface area (Å²) in [4.78, 5) is 1.36. The summed E-state index contributed by atoms with van der Waals surface area (Å²) in [5.74, 6) is 0. The number of nitrogens with one attached hydrogen (secondary N) is 1. The maximum absolute atomic E-state index is 5.93. The smallest absolute Gasteiger partial charge is 0.0931 e. The molecule has 15 heavy (non-hydrogen) atoms. The van der Waals surface area contributed by atoms with E-state index < -0.39 is 0 Å². The number of halogens is 1. The van der Waals surface area contributed by atoms with Gasteiger partial charge in [0.25, 0.3) is 0 Å². The van der Waals surface area contributed by atoms with Gasteiger partial charge in [0.2, 0.25) is 0 Å². The molecule has 0 radical (unpaired) electrons. The van der Waals surface area contributed by atoms with Crippen LogP contribution in [0.25, 0.3) is 0 Å². The SMILES string of the molecule is CCNC(Cc1ccc(Cl)s1)C(C)(C)C. The van der Waals surface area contributed by atoms with Gasteiger partial charge in [0.05, 0.1) is 4.34 Å². The van der Waals surface area contributed by atoms with E-state index in [1.165, 1.54) is 4.88 Å². The second kappa shape index (κ2) is 5.33. The Kier molecular flexibility index (Phi) is 4.63. The Hall–Kier alpha value is -0.0500. The van der Waals surface area contributed by atoms with E-state index in [-0.39, 0.29) is 5.41 Å². The van der Waals surface area contributed by atoms with Gasteiger partial charge in [0.1, 0.15) is 0 Å². The minimum absolute atomic E-state index is 0.284. The van der Waals surface area contributed by atoms with Gasteiger partial charge in [0, 0.05) is 10.9 Å². The molecule has 1 heterocycles. The molecule has 0 aliphatic rings. The molecule has 1 N–H and O–H groups in total. The van der Waals surface area contributed by atoms with Crippen LogP contribution in [-0.2, 0) is 6.42 Å². The average molecular weight is 246 g/mol. The highest BCUT2D eigenvalue weighted by Crippen LogP contribution is 2.27. The molecular weight excluding hydrogens is 226 g/mol. The first-order valence-corrected chi connectivity index (χ1v) is 6.60. The van der Waals surface area contributed by atoms with Gasteiger partial charge in [-0.1, -0.05) is 39.3 Å². The van der Waals surface area contributed by atoms with Crippen LogP contribution < -0.4 is 5.32 Å². The van der Waals surface area contributed by atoms with Crippen LogP contribution >= 0.6 is 22.9 Å². The molecule has 1 aromatic heterocycles. The van der Waals surface area contributed by atoms with Crippen molar-refractivity contribution in [1.82, 2.24) is 5.32 Å². The number of rotatable bonds is 4. The van der Waals surface area contributed by atoms with Gasteiger partial charge in [-0.3, -0.25) is 0 Å². The molecule has 0 aromatic carbocycles. The van der Waals surface area contributed by atoms with Crippen molar-refractivity contribution in [1.29, 1.82) is 0 Å². The third kappa shape index (κ3) is 4.13. The molecule has 0 saturated heterocycles. The van der Waals surface area contributed by atoms with Crippen LogP contribution in [0.15, 0.2) is 12.1 Å². The largest absolute Gasteiger partial charge is 0.313 e. The standard InChI is InChI=1S/C12H20ClNS/c1-5-14-10(12(2,3)4)8-9-6-7-11(13)15-9/h6-7,10,14H,5,8H2,1-4H3. The number of hydrogen-bond donors (Lipinski definition) is 1. The lowest BCUT2D eigenvalue weighted by atomic mass is 9.84. The normalized spacial score (nSPS) is 14.2. The van der Waals surface area contributed by atoms with Crippen LogP contribution in [0.3, 0.4) is 0 Å². The second-order valence-corrected chi connectivity index (χ2v) is 6.69. The monoisotopic (exact) mass is 245 g/mol. The van der Waals surface area contributed by atoms with E-state index in [9.17, 15) is 0 Å². The number of likely N-dealkylation sites (N-methyl/N-ethyl adjacent to an activating group) is 1. The van der Waals surface area contributed by atoms with Crippen molar-refractivity contribution in [2.45, 2.75) is 40.2 Å². The van der Waals surface area contributed by atoms with E-state index in [1.807, 2.05) is 6.07 Å². The van der Waals surface area contributed by atoms with E-state index in [1.54, 1.807) is 11.3 Å². The third-order valence-electron chi connectivity index (χ3n) is 2.53. The van der Waals surface area contributed by atoms with Gasteiger partial charge in [-0.15, -0.1) is 11.3 Å². The van der Waals surface area contributed by atoms with Crippen LogP contribution in [0.2, 0.25) is 4.34 Å². The fourth-order valence-corrected chi connectivity index (χ4v) is 2.73. The second-order valence-electron chi connectivity index (χ2n) is 4.89. The highest BCUT2D eigenvalue weighted by Gasteiger charge is 2.24. The summed E-state index contributed by atoms with van der Waals surface area (Å²) in [6.07, 6.45) is 1.06. The van der Waals surface area contributed by atoms with Crippen molar-refractivity contribution >= 4 is 22.9 Å². The summed E-state index contributed by atoms with van der Waals surface area (Å²) >= 11 is 7.62. The van der Waals surface area contributed by atoms with Crippen LogP contribution in [0.4, 0.5) is 0 Å². The predicted molar refractivity (Wildman–Crippen MR) is 70.0 cm³/mol. The first kappa shape index (κ1) is 13.0. The van der Waals surface area contributed by atoms with Crippen LogP contribution in [-0.4, -0.2) is 12.6 Å². The molecular formula is C12H20ClNS. The minimum atomic E-state index is 0.284. The first-order valence-electron chi connectivity index (χ1n) is 5.41. The van der Waals surface area contributed by atoms with E-state index in [2.05, 4.69) is 39.1 Å². The lowest BCUT2D eigenvalue weighted by Crippen LogP contribution is -2.41. The lowest BCUT2D eigenvalue weighted by Gasteiger charge is -2.31. The Bertz CT molecular complexity index is 301. The van der Waals surface area contributed by atoms with Crippen molar-refractivity contribution in [3.8, 4) is 0 Å². The summed E-state index contributed by atoms with van der Waals surface area (Å²) in [5.41, 5.74) is 0.284. The van der Waals surface area contributed by atoms with Crippen molar-refractivity contribution < 1.29 is 0 Å². The zero-order valence-electron chi connectivity index (χ0n) is 9.93. The maximum Gasteiger partial charge on any atom is 0.0931 e. The van der Waals surface area contributed by atoms with E-state index in [0.29, 0.717) is 6.04 Å². The molecule has 1 atom stereocenters. The van der Waals surface area contributed by atoms with Crippen LogP contribution in [0.1, 0.15) is 32.6 Å². The quantitative estimate of drug-likeness (QED) is 0.847. The molecule has 1 rings (SSSR count). The highest BCUT2D eigenvalue weighted by atomic mass is 35.5. The van der Waals surface area contributed by atoms with Crippen molar-refractivity contribution in [3.05, 3.63) is 21.3 Å². The summed E-state index contributed by atoms with van der Waals surface area (Å²) in [5, 5.41) is 3.54. The number of thiophene rings is 1. The zero-order chi connectivity index (χ0) is 11.5. The fourth-order valence-electron chi connectivity index (χ4n) is 1.59.